The Kier molecular flexibility index (Phi) is 6.88. The van der Waals surface area contributed by atoms with E-state index in [2.05, 4.69) is 46.3 Å². The highest BCUT2D eigenvalue weighted by Crippen LogP contribution is 2.18. The van der Waals surface area contributed by atoms with Crippen LogP contribution in [0.1, 0.15) is 18.4 Å². The molecule has 6 heteroatoms. The minimum Gasteiger partial charge on any atom is -0.379 e. The molecule has 6 nitrogen and oxygen atoms in total. The van der Waals surface area contributed by atoms with Crippen molar-refractivity contribution in [1.29, 1.82) is 0 Å². The normalized spacial score (nSPS) is 24.5. The highest BCUT2D eigenvalue weighted by atomic mass is 16.5. The van der Waals surface area contributed by atoms with E-state index < -0.39 is 0 Å². The van der Waals surface area contributed by atoms with Gasteiger partial charge in [0.2, 0.25) is 5.91 Å². The number of hydrogen-bond donors (Lipinski definition) is 1. The third-order valence-electron chi connectivity index (χ3n) is 5.35. The number of carbonyl (C=O) groups is 1. The second kappa shape index (κ2) is 9.35. The van der Waals surface area contributed by atoms with Crippen LogP contribution in [-0.2, 0) is 14.3 Å². The van der Waals surface area contributed by atoms with Crippen molar-refractivity contribution in [2.24, 2.45) is 0 Å². The number of nitrogens with one attached hydrogen (secondary N) is 1. The Balaban J connectivity index is 1.38. The van der Waals surface area contributed by atoms with Crippen molar-refractivity contribution in [2.75, 3.05) is 57.9 Å². The maximum atomic E-state index is 12.3. The lowest BCUT2D eigenvalue weighted by Gasteiger charge is -2.36. The van der Waals surface area contributed by atoms with Crippen molar-refractivity contribution in [3.63, 3.8) is 0 Å². The lowest BCUT2D eigenvalue weighted by Crippen LogP contribution is -2.51. The summed E-state index contributed by atoms with van der Waals surface area (Å²) in [5, 5.41) is 3.12. The Labute approximate surface area is 156 Å². The lowest BCUT2D eigenvalue weighted by molar-refractivity contribution is -0.125. The molecule has 1 aromatic rings. The zero-order valence-corrected chi connectivity index (χ0v) is 15.9. The van der Waals surface area contributed by atoms with E-state index in [-0.39, 0.29) is 18.1 Å². The zero-order chi connectivity index (χ0) is 18.4. The van der Waals surface area contributed by atoms with Crippen LogP contribution < -0.4 is 10.2 Å². The van der Waals surface area contributed by atoms with E-state index >= 15 is 0 Å². The molecule has 2 saturated heterocycles. The number of aryl methyl sites for hydroxylation is 1. The van der Waals surface area contributed by atoms with Gasteiger partial charge in [-0.25, -0.2) is 0 Å². The van der Waals surface area contributed by atoms with Crippen LogP contribution in [0.25, 0.3) is 0 Å². The van der Waals surface area contributed by atoms with E-state index in [1.165, 1.54) is 11.3 Å². The van der Waals surface area contributed by atoms with Gasteiger partial charge in [-0.05, 0) is 31.0 Å². The molecule has 2 heterocycles. The first-order valence-electron chi connectivity index (χ1n) is 9.59. The van der Waals surface area contributed by atoms with Gasteiger partial charge in [0.1, 0.15) is 6.10 Å². The Morgan fingerprint density at radius 2 is 2.12 bits per heavy atom. The van der Waals surface area contributed by atoms with Crippen LogP contribution in [0.5, 0.6) is 0 Å². The molecule has 3 rings (SSSR count). The number of amides is 1. The minimum absolute atomic E-state index is 0.0365. The number of methoxy groups -OCH3 is 1. The molecular formula is C20H31N3O3. The quantitative estimate of drug-likeness (QED) is 0.831. The van der Waals surface area contributed by atoms with Crippen LogP contribution >= 0.6 is 0 Å². The average Bonchev–Trinajstić information content (AvgIpc) is 2.67. The number of hydrogen-bond acceptors (Lipinski definition) is 5. The molecule has 2 atom stereocenters. The van der Waals surface area contributed by atoms with Crippen molar-refractivity contribution in [3.05, 3.63) is 29.8 Å². The molecule has 0 aromatic heterocycles. The van der Waals surface area contributed by atoms with Crippen LogP contribution in [-0.4, -0.2) is 76.0 Å². The van der Waals surface area contributed by atoms with Gasteiger partial charge in [-0.15, -0.1) is 0 Å². The molecule has 0 bridgehead atoms. The van der Waals surface area contributed by atoms with Crippen molar-refractivity contribution >= 4 is 11.6 Å². The van der Waals surface area contributed by atoms with Gasteiger partial charge >= 0.3 is 0 Å². The van der Waals surface area contributed by atoms with Gasteiger partial charge in [-0.2, -0.15) is 0 Å². The molecule has 0 aliphatic carbocycles. The molecule has 0 spiro atoms. The standard InChI is InChI=1S/C20H31N3O3/c1-16-4-3-5-17(14-16)23-11-9-22(10-12-23)8-6-20(24)21-18-7-13-26-15-19(18)25-2/h3-5,14,18-19H,6-13,15H2,1-2H3,(H,21,24)/t18-,19-/m1/s1. The molecule has 2 fully saturated rings. The molecule has 144 valence electrons. The van der Waals surface area contributed by atoms with Gasteiger partial charge in [0.15, 0.2) is 0 Å². The zero-order valence-electron chi connectivity index (χ0n) is 15.9. The first-order chi connectivity index (χ1) is 12.7. The number of benzene rings is 1. The fourth-order valence-corrected chi connectivity index (χ4v) is 3.70. The van der Waals surface area contributed by atoms with Crippen molar-refractivity contribution in [3.8, 4) is 0 Å². The summed E-state index contributed by atoms with van der Waals surface area (Å²) in [7, 11) is 1.67. The van der Waals surface area contributed by atoms with Gasteiger partial charge in [-0.1, -0.05) is 12.1 Å². The number of rotatable bonds is 6. The summed E-state index contributed by atoms with van der Waals surface area (Å²) < 4.78 is 10.8. The van der Waals surface area contributed by atoms with Gasteiger partial charge in [0.05, 0.1) is 12.6 Å². The summed E-state index contributed by atoms with van der Waals surface area (Å²) in [6.45, 7) is 8.21. The average molecular weight is 361 g/mol. The van der Waals surface area contributed by atoms with E-state index in [0.717, 1.165) is 39.1 Å². The largest absolute Gasteiger partial charge is 0.379 e. The van der Waals surface area contributed by atoms with Gasteiger partial charge in [0, 0.05) is 58.5 Å². The lowest BCUT2D eigenvalue weighted by atomic mass is 10.1. The fourth-order valence-electron chi connectivity index (χ4n) is 3.70. The maximum Gasteiger partial charge on any atom is 0.221 e. The molecule has 1 N–H and O–H groups in total. The van der Waals surface area contributed by atoms with Crippen LogP contribution in [0, 0.1) is 6.92 Å². The smallest absolute Gasteiger partial charge is 0.221 e. The predicted octanol–water partition coefficient (Wildman–Crippen LogP) is 1.43. The highest BCUT2D eigenvalue weighted by Gasteiger charge is 2.27. The van der Waals surface area contributed by atoms with Gasteiger partial charge < -0.3 is 19.7 Å². The van der Waals surface area contributed by atoms with E-state index in [1.54, 1.807) is 7.11 Å². The number of nitrogens with zero attached hydrogens (tertiary/aromatic N) is 2. The second-order valence-electron chi connectivity index (χ2n) is 7.23. The predicted molar refractivity (Wildman–Crippen MR) is 103 cm³/mol. The molecule has 0 unspecified atom stereocenters. The summed E-state index contributed by atoms with van der Waals surface area (Å²) >= 11 is 0. The molecule has 26 heavy (non-hydrogen) atoms. The highest BCUT2D eigenvalue weighted by molar-refractivity contribution is 5.76. The molecular weight excluding hydrogens is 330 g/mol. The third kappa shape index (κ3) is 5.19. The van der Waals surface area contributed by atoms with Gasteiger partial charge in [-0.3, -0.25) is 9.69 Å². The molecule has 2 aliphatic heterocycles. The molecule has 1 aromatic carbocycles. The monoisotopic (exact) mass is 361 g/mol. The fraction of sp³-hybridized carbons (Fsp3) is 0.650. The van der Waals surface area contributed by atoms with Crippen molar-refractivity contribution in [1.82, 2.24) is 10.2 Å². The Morgan fingerprint density at radius 3 is 2.85 bits per heavy atom. The summed E-state index contributed by atoms with van der Waals surface area (Å²) in [5.74, 6) is 0.111. The Hall–Kier alpha value is -1.63. The Morgan fingerprint density at radius 1 is 1.31 bits per heavy atom. The summed E-state index contributed by atoms with van der Waals surface area (Å²) in [4.78, 5) is 17.1. The number of carbonyl (C=O) groups excluding carboxylic acids is 1. The summed E-state index contributed by atoms with van der Waals surface area (Å²) in [5.41, 5.74) is 2.59. The first-order valence-corrected chi connectivity index (χ1v) is 9.59. The van der Waals surface area contributed by atoms with E-state index in [0.29, 0.717) is 19.6 Å². The van der Waals surface area contributed by atoms with Crippen molar-refractivity contribution in [2.45, 2.75) is 31.9 Å². The molecule has 0 saturated carbocycles. The van der Waals surface area contributed by atoms with Crippen LogP contribution in [0.15, 0.2) is 24.3 Å². The number of ether oxygens (including phenoxy) is 2. The first kappa shape index (κ1) is 19.1. The van der Waals surface area contributed by atoms with E-state index in [4.69, 9.17) is 9.47 Å². The summed E-state index contributed by atoms with van der Waals surface area (Å²) in [6, 6.07) is 8.73. The number of piperazine rings is 1. The molecule has 0 radical (unpaired) electrons. The van der Waals surface area contributed by atoms with Crippen molar-refractivity contribution < 1.29 is 14.3 Å². The van der Waals surface area contributed by atoms with Crippen LogP contribution in [0.4, 0.5) is 5.69 Å². The number of anilines is 1. The van der Waals surface area contributed by atoms with E-state index in [9.17, 15) is 4.79 Å². The van der Waals surface area contributed by atoms with Gasteiger partial charge in [0.25, 0.3) is 0 Å². The van der Waals surface area contributed by atoms with Crippen LogP contribution in [0.3, 0.4) is 0 Å². The molecule has 1 amide bonds. The maximum absolute atomic E-state index is 12.3. The second-order valence-corrected chi connectivity index (χ2v) is 7.23. The third-order valence-corrected chi connectivity index (χ3v) is 5.35. The van der Waals surface area contributed by atoms with E-state index in [1.807, 2.05) is 0 Å². The molecule has 2 aliphatic rings. The summed E-state index contributed by atoms with van der Waals surface area (Å²) in [6.07, 6.45) is 1.32. The van der Waals surface area contributed by atoms with Crippen LogP contribution in [0.2, 0.25) is 0 Å². The SMILES string of the molecule is CO[C@@H]1COCC[C@H]1NC(=O)CCN1CCN(c2cccc(C)c2)CC1. The topological polar surface area (TPSA) is 54.0 Å². The Bertz CT molecular complexity index is 587. The minimum atomic E-state index is -0.0365.